The number of aromatic nitrogens is 1. The number of unbranched alkanes of at least 4 members (excludes halogenated alkanes) is 3. The van der Waals surface area contributed by atoms with Crippen molar-refractivity contribution in [3.63, 3.8) is 0 Å². The minimum atomic E-state index is 0.289. The molecule has 0 spiro atoms. The molecule has 2 aromatic heterocycles. The number of aryl methyl sites for hydroxylation is 1. The molecule has 3 nitrogen and oxygen atoms in total. The van der Waals surface area contributed by atoms with Crippen molar-refractivity contribution in [1.82, 2.24) is 4.98 Å². The number of aliphatic hydroxyl groups is 1. The molecule has 1 N–H and O–H groups in total. The highest BCUT2D eigenvalue weighted by Crippen LogP contribution is 2.38. The van der Waals surface area contributed by atoms with E-state index in [4.69, 9.17) is 9.84 Å². The Morgan fingerprint density at radius 3 is 2.95 bits per heavy atom. The zero-order valence-corrected chi connectivity index (χ0v) is 13.7. The van der Waals surface area contributed by atoms with Crippen molar-refractivity contribution in [2.24, 2.45) is 0 Å². The number of nitrogens with zero attached hydrogens (tertiary/aromatic N) is 1. The summed E-state index contributed by atoms with van der Waals surface area (Å²) in [4.78, 5) is 4.63. The summed E-state index contributed by atoms with van der Waals surface area (Å²) in [5.74, 6) is 0.976. The number of ether oxygens (including phenoxy) is 1. The van der Waals surface area contributed by atoms with Crippen LogP contribution in [0.5, 0.6) is 5.75 Å². The number of thiazole rings is 1. The van der Waals surface area contributed by atoms with E-state index in [9.17, 15) is 0 Å². The van der Waals surface area contributed by atoms with Gasteiger partial charge in [-0.25, -0.2) is 4.98 Å². The lowest BCUT2D eigenvalue weighted by Gasteiger charge is -2.08. The van der Waals surface area contributed by atoms with E-state index in [-0.39, 0.29) is 6.61 Å². The average Bonchev–Trinajstić information content (AvgIpc) is 3.07. The fourth-order valence-corrected chi connectivity index (χ4v) is 4.29. The molecule has 3 aromatic rings. The van der Waals surface area contributed by atoms with E-state index < -0.39 is 0 Å². The second-order valence-corrected chi connectivity index (χ2v) is 7.25. The molecule has 0 aliphatic heterocycles. The molecule has 0 amide bonds. The van der Waals surface area contributed by atoms with E-state index in [0.717, 1.165) is 48.6 Å². The monoisotopic (exact) mass is 321 g/mol. The maximum absolute atomic E-state index is 8.76. The smallest absolute Gasteiger partial charge is 0.129 e. The average molecular weight is 321 g/mol. The van der Waals surface area contributed by atoms with E-state index in [1.807, 2.05) is 6.92 Å². The van der Waals surface area contributed by atoms with E-state index in [2.05, 4.69) is 22.5 Å². The summed E-state index contributed by atoms with van der Waals surface area (Å²) in [5, 5.41) is 13.1. The Hall–Kier alpha value is -1.17. The van der Waals surface area contributed by atoms with Crippen LogP contribution in [0.2, 0.25) is 0 Å². The molecule has 0 aliphatic rings. The molecule has 0 aliphatic carbocycles. The molecule has 0 atom stereocenters. The minimum absolute atomic E-state index is 0.289. The summed E-state index contributed by atoms with van der Waals surface area (Å²) < 4.78 is 8.43. The van der Waals surface area contributed by atoms with E-state index in [0.29, 0.717) is 0 Å². The predicted octanol–water partition coefficient (Wildman–Crippen LogP) is 4.75. The van der Waals surface area contributed by atoms with Crippen molar-refractivity contribution >= 4 is 43.0 Å². The Balaban J connectivity index is 1.76. The Labute approximate surface area is 132 Å². The first-order valence-electron chi connectivity index (χ1n) is 7.30. The van der Waals surface area contributed by atoms with Crippen molar-refractivity contribution < 1.29 is 9.84 Å². The second kappa shape index (κ2) is 6.73. The molecule has 0 unspecified atom stereocenters. The number of hydrogen-bond donors (Lipinski definition) is 1. The quantitative estimate of drug-likeness (QED) is 0.638. The lowest BCUT2D eigenvalue weighted by Crippen LogP contribution is -1.98. The standard InChI is InChI=1S/C16H19NO2S2/c1-11-17-15-14(21-11)10-13(12-6-9-20-16(12)15)19-8-5-3-2-4-7-18/h6,9-10,18H,2-5,7-8H2,1H3. The van der Waals surface area contributed by atoms with Crippen LogP contribution in [0.15, 0.2) is 17.5 Å². The number of aliphatic hydroxyl groups excluding tert-OH is 1. The Morgan fingerprint density at radius 1 is 1.24 bits per heavy atom. The highest BCUT2D eigenvalue weighted by Gasteiger charge is 2.12. The first-order chi connectivity index (χ1) is 10.3. The Morgan fingerprint density at radius 2 is 2.10 bits per heavy atom. The van der Waals surface area contributed by atoms with Crippen LogP contribution in [0.4, 0.5) is 0 Å². The van der Waals surface area contributed by atoms with Crippen LogP contribution in [0, 0.1) is 6.92 Å². The molecule has 112 valence electrons. The molecule has 0 radical (unpaired) electrons. The van der Waals surface area contributed by atoms with E-state index in [1.54, 1.807) is 22.7 Å². The van der Waals surface area contributed by atoms with Gasteiger partial charge in [-0.1, -0.05) is 6.42 Å². The lowest BCUT2D eigenvalue weighted by atomic mass is 10.2. The minimum Gasteiger partial charge on any atom is -0.493 e. The van der Waals surface area contributed by atoms with E-state index in [1.165, 1.54) is 14.8 Å². The third-order valence-electron chi connectivity index (χ3n) is 3.48. The molecular weight excluding hydrogens is 302 g/mol. The molecule has 0 fully saturated rings. The molecule has 0 saturated carbocycles. The van der Waals surface area contributed by atoms with Gasteiger partial charge in [0.1, 0.15) is 5.75 Å². The second-order valence-electron chi connectivity index (χ2n) is 5.10. The first-order valence-corrected chi connectivity index (χ1v) is 9.00. The molecule has 3 rings (SSSR count). The van der Waals surface area contributed by atoms with Gasteiger partial charge in [0, 0.05) is 18.1 Å². The maximum atomic E-state index is 8.76. The van der Waals surface area contributed by atoms with Crippen molar-refractivity contribution in [3.05, 3.63) is 22.5 Å². The van der Waals surface area contributed by atoms with Crippen LogP contribution in [0.3, 0.4) is 0 Å². The van der Waals surface area contributed by atoms with Crippen LogP contribution >= 0.6 is 22.7 Å². The number of thiophene rings is 1. The van der Waals surface area contributed by atoms with Gasteiger partial charge in [0.25, 0.3) is 0 Å². The predicted molar refractivity (Wildman–Crippen MR) is 90.8 cm³/mol. The zero-order chi connectivity index (χ0) is 14.7. The van der Waals surface area contributed by atoms with Gasteiger partial charge < -0.3 is 9.84 Å². The van der Waals surface area contributed by atoms with Crippen molar-refractivity contribution in [2.45, 2.75) is 32.6 Å². The van der Waals surface area contributed by atoms with Crippen molar-refractivity contribution in [1.29, 1.82) is 0 Å². The summed E-state index contributed by atoms with van der Waals surface area (Å²) in [6.07, 6.45) is 4.10. The van der Waals surface area contributed by atoms with Gasteiger partial charge in [0.15, 0.2) is 0 Å². The number of fused-ring (bicyclic) bond motifs is 3. The molecule has 0 bridgehead atoms. The van der Waals surface area contributed by atoms with Crippen molar-refractivity contribution in [3.8, 4) is 5.75 Å². The highest BCUT2D eigenvalue weighted by atomic mass is 32.1. The van der Waals surface area contributed by atoms with Crippen LogP contribution in [0.25, 0.3) is 20.3 Å². The lowest BCUT2D eigenvalue weighted by molar-refractivity contribution is 0.274. The molecule has 0 saturated heterocycles. The SMILES string of the molecule is Cc1nc2c(cc(OCCCCCCO)c3ccsc32)s1. The van der Waals surface area contributed by atoms with Gasteiger partial charge in [0.2, 0.25) is 0 Å². The molecule has 2 heterocycles. The Kier molecular flexibility index (Phi) is 4.73. The van der Waals surface area contributed by atoms with Crippen LogP contribution in [0.1, 0.15) is 30.7 Å². The third-order valence-corrected chi connectivity index (χ3v) is 5.32. The van der Waals surface area contributed by atoms with Gasteiger partial charge >= 0.3 is 0 Å². The number of hydrogen-bond acceptors (Lipinski definition) is 5. The molecule has 1 aromatic carbocycles. The molecule has 5 heteroatoms. The summed E-state index contributed by atoms with van der Waals surface area (Å²) in [5.41, 5.74) is 1.11. The summed E-state index contributed by atoms with van der Waals surface area (Å²) in [7, 11) is 0. The van der Waals surface area contributed by atoms with E-state index >= 15 is 0 Å². The molecule has 21 heavy (non-hydrogen) atoms. The number of benzene rings is 1. The number of rotatable bonds is 7. The van der Waals surface area contributed by atoms with Gasteiger partial charge in [-0.3, -0.25) is 0 Å². The summed E-state index contributed by atoms with van der Waals surface area (Å²) in [6, 6.07) is 4.25. The topological polar surface area (TPSA) is 42.4 Å². The maximum Gasteiger partial charge on any atom is 0.129 e. The van der Waals surface area contributed by atoms with Crippen molar-refractivity contribution in [2.75, 3.05) is 13.2 Å². The molecular formula is C16H19NO2S2. The van der Waals surface area contributed by atoms with Crippen LogP contribution in [-0.4, -0.2) is 23.3 Å². The van der Waals surface area contributed by atoms with Gasteiger partial charge in [-0.2, -0.15) is 0 Å². The van der Waals surface area contributed by atoms with Gasteiger partial charge in [-0.15, -0.1) is 22.7 Å². The van der Waals surface area contributed by atoms with Crippen LogP contribution in [-0.2, 0) is 0 Å². The Bertz CT molecular complexity index is 732. The summed E-state index contributed by atoms with van der Waals surface area (Å²) in [6.45, 7) is 3.07. The summed E-state index contributed by atoms with van der Waals surface area (Å²) >= 11 is 3.45. The zero-order valence-electron chi connectivity index (χ0n) is 12.1. The normalized spacial score (nSPS) is 11.5. The fraction of sp³-hybridized carbons (Fsp3) is 0.438. The fourth-order valence-electron chi connectivity index (χ4n) is 2.46. The van der Waals surface area contributed by atoms with Gasteiger partial charge in [0.05, 0.1) is 26.5 Å². The first kappa shape index (κ1) is 14.8. The third kappa shape index (κ3) is 3.20. The van der Waals surface area contributed by atoms with Crippen LogP contribution < -0.4 is 4.74 Å². The highest BCUT2D eigenvalue weighted by molar-refractivity contribution is 7.21. The van der Waals surface area contributed by atoms with Gasteiger partial charge in [-0.05, 0) is 37.6 Å². The largest absolute Gasteiger partial charge is 0.493 e.